The maximum atomic E-state index is 13.1. The standard InChI is InChI=1S/C15H22BrFN2O/c1-10(2)9-19-15(20)6-7-18-11(3)12-4-5-14(17)13(16)8-12/h4-5,8,10-11,18H,6-7,9H2,1-3H3,(H,19,20). The predicted molar refractivity (Wildman–Crippen MR) is 83.0 cm³/mol. The molecule has 0 aromatic heterocycles. The zero-order valence-electron chi connectivity index (χ0n) is 12.2. The average Bonchev–Trinajstić information content (AvgIpc) is 2.39. The van der Waals surface area contributed by atoms with E-state index in [9.17, 15) is 9.18 Å². The van der Waals surface area contributed by atoms with Crippen LogP contribution in [-0.2, 0) is 4.79 Å². The summed E-state index contributed by atoms with van der Waals surface area (Å²) < 4.78 is 13.6. The molecule has 0 aliphatic rings. The molecule has 1 aromatic carbocycles. The Kier molecular flexibility index (Phi) is 7.16. The summed E-state index contributed by atoms with van der Waals surface area (Å²) in [7, 11) is 0. The number of carbonyl (C=O) groups is 1. The highest BCUT2D eigenvalue weighted by Gasteiger charge is 2.08. The highest BCUT2D eigenvalue weighted by molar-refractivity contribution is 9.10. The first-order chi connectivity index (χ1) is 9.40. The number of benzene rings is 1. The Morgan fingerprint density at radius 3 is 2.65 bits per heavy atom. The van der Waals surface area contributed by atoms with Gasteiger partial charge in [-0.15, -0.1) is 0 Å². The Morgan fingerprint density at radius 2 is 2.05 bits per heavy atom. The van der Waals surface area contributed by atoms with Crippen molar-refractivity contribution in [3.8, 4) is 0 Å². The summed E-state index contributed by atoms with van der Waals surface area (Å²) >= 11 is 3.17. The van der Waals surface area contributed by atoms with Gasteiger partial charge < -0.3 is 10.6 Å². The van der Waals surface area contributed by atoms with E-state index in [-0.39, 0.29) is 17.8 Å². The Labute approximate surface area is 128 Å². The second-order valence-corrected chi connectivity index (χ2v) is 6.15. The van der Waals surface area contributed by atoms with Crippen LogP contribution in [0.15, 0.2) is 22.7 Å². The molecule has 1 atom stereocenters. The highest BCUT2D eigenvalue weighted by Crippen LogP contribution is 2.21. The fourth-order valence-corrected chi connectivity index (χ4v) is 2.10. The lowest BCUT2D eigenvalue weighted by molar-refractivity contribution is -0.121. The van der Waals surface area contributed by atoms with Crippen molar-refractivity contribution in [1.29, 1.82) is 0 Å². The molecule has 0 fully saturated rings. The molecule has 1 rings (SSSR count). The van der Waals surface area contributed by atoms with Crippen LogP contribution in [0, 0.1) is 11.7 Å². The number of nitrogens with one attached hydrogen (secondary N) is 2. The summed E-state index contributed by atoms with van der Waals surface area (Å²) in [6.45, 7) is 7.42. The number of amides is 1. The summed E-state index contributed by atoms with van der Waals surface area (Å²) in [4.78, 5) is 11.6. The van der Waals surface area contributed by atoms with Crippen LogP contribution in [0.5, 0.6) is 0 Å². The number of hydrogen-bond donors (Lipinski definition) is 2. The van der Waals surface area contributed by atoms with E-state index in [1.165, 1.54) is 6.07 Å². The molecule has 0 spiro atoms. The Bertz CT molecular complexity index is 451. The van der Waals surface area contributed by atoms with Gasteiger partial charge in [-0.3, -0.25) is 4.79 Å². The topological polar surface area (TPSA) is 41.1 Å². The summed E-state index contributed by atoms with van der Waals surface area (Å²) in [5, 5.41) is 6.14. The lowest BCUT2D eigenvalue weighted by Crippen LogP contribution is -2.31. The number of rotatable bonds is 7. The zero-order chi connectivity index (χ0) is 15.1. The monoisotopic (exact) mass is 344 g/mol. The highest BCUT2D eigenvalue weighted by atomic mass is 79.9. The number of carbonyl (C=O) groups excluding carboxylic acids is 1. The summed E-state index contributed by atoms with van der Waals surface area (Å²) in [6.07, 6.45) is 0.444. The normalized spacial score (nSPS) is 12.5. The molecular formula is C15H22BrFN2O. The third kappa shape index (κ3) is 6.01. The van der Waals surface area contributed by atoms with E-state index in [0.717, 1.165) is 5.56 Å². The number of hydrogen-bond acceptors (Lipinski definition) is 2. The van der Waals surface area contributed by atoms with Gasteiger partial charge in [-0.05, 0) is 46.5 Å². The SMILES string of the molecule is CC(C)CNC(=O)CCNC(C)c1ccc(F)c(Br)c1. The van der Waals surface area contributed by atoms with E-state index >= 15 is 0 Å². The molecule has 0 saturated carbocycles. The van der Waals surface area contributed by atoms with Crippen LogP contribution < -0.4 is 10.6 Å². The van der Waals surface area contributed by atoms with Crippen LogP contribution in [0.1, 0.15) is 38.8 Å². The van der Waals surface area contributed by atoms with Gasteiger partial charge in [0, 0.05) is 25.6 Å². The molecular weight excluding hydrogens is 323 g/mol. The van der Waals surface area contributed by atoms with E-state index in [1.807, 2.05) is 6.92 Å². The van der Waals surface area contributed by atoms with Crippen LogP contribution in [0.2, 0.25) is 0 Å². The molecule has 1 aromatic rings. The molecule has 112 valence electrons. The van der Waals surface area contributed by atoms with Gasteiger partial charge in [-0.1, -0.05) is 19.9 Å². The maximum Gasteiger partial charge on any atom is 0.221 e. The Hall–Kier alpha value is -0.940. The van der Waals surface area contributed by atoms with Gasteiger partial charge in [0.25, 0.3) is 0 Å². The molecule has 20 heavy (non-hydrogen) atoms. The molecule has 0 heterocycles. The van der Waals surface area contributed by atoms with Crippen LogP contribution in [0.3, 0.4) is 0 Å². The average molecular weight is 345 g/mol. The lowest BCUT2D eigenvalue weighted by Gasteiger charge is -2.15. The lowest BCUT2D eigenvalue weighted by atomic mass is 10.1. The quantitative estimate of drug-likeness (QED) is 0.795. The van der Waals surface area contributed by atoms with Gasteiger partial charge in [0.15, 0.2) is 0 Å². The molecule has 3 nitrogen and oxygen atoms in total. The van der Waals surface area contributed by atoms with Crippen LogP contribution >= 0.6 is 15.9 Å². The first-order valence-electron chi connectivity index (χ1n) is 6.85. The van der Waals surface area contributed by atoms with Gasteiger partial charge in [0.2, 0.25) is 5.91 Å². The molecule has 0 aliphatic carbocycles. The van der Waals surface area contributed by atoms with Gasteiger partial charge in [0.05, 0.1) is 4.47 Å². The van der Waals surface area contributed by atoms with Gasteiger partial charge in [-0.2, -0.15) is 0 Å². The number of halogens is 2. The Balaban J connectivity index is 2.34. The smallest absolute Gasteiger partial charge is 0.221 e. The summed E-state index contributed by atoms with van der Waals surface area (Å²) in [5.41, 5.74) is 0.987. The van der Waals surface area contributed by atoms with Crippen molar-refractivity contribution in [2.45, 2.75) is 33.2 Å². The minimum atomic E-state index is -0.269. The van der Waals surface area contributed by atoms with E-state index < -0.39 is 0 Å². The van der Waals surface area contributed by atoms with Crippen molar-refractivity contribution < 1.29 is 9.18 Å². The molecule has 0 bridgehead atoms. The van der Waals surface area contributed by atoms with Crippen molar-refractivity contribution >= 4 is 21.8 Å². The fourth-order valence-electron chi connectivity index (χ4n) is 1.71. The second kappa shape index (κ2) is 8.37. The van der Waals surface area contributed by atoms with E-state index in [4.69, 9.17) is 0 Å². The minimum Gasteiger partial charge on any atom is -0.356 e. The van der Waals surface area contributed by atoms with E-state index in [2.05, 4.69) is 40.4 Å². The molecule has 0 saturated heterocycles. The van der Waals surface area contributed by atoms with Crippen molar-refractivity contribution in [1.82, 2.24) is 10.6 Å². The van der Waals surface area contributed by atoms with Gasteiger partial charge >= 0.3 is 0 Å². The van der Waals surface area contributed by atoms with Crippen molar-refractivity contribution in [2.75, 3.05) is 13.1 Å². The molecule has 1 unspecified atom stereocenters. The zero-order valence-corrected chi connectivity index (χ0v) is 13.8. The molecule has 0 aliphatic heterocycles. The van der Waals surface area contributed by atoms with Crippen molar-refractivity contribution in [3.63, 3.8) is 0 Å². The predicted octanol–water partition coefficient (Wildman–Crippen LogP) is 3.40. The molecule has 2 N–H and O–H groups in total. The van der Waals surface area contributed by atoms with Crippen molar-refractivity contribution in [3.05, 3.63) is 34.1 Å². The van der Waals surface area contributed by atoms with Crippen LogP contribution in [0.25, 0.3) is 0 Å². The second-order valence-electron chi connectivity index (χ2n) is 5.30. The van der Waals surface area contributed by atoms with E-state index in [1.54, 1.807) is 12.1 Å². The largest absolute Gasteiger partial charge is 0.356 e. The molecule has 0 radical (unpaired) electrons. The third-order valence-electron chi connectivity index (χ3n) is 2.95. The van der Waals surface area contributed by atoms with Crippen molar-refractivity contribution in [2.24, 2.45) is 5.92 Å². The minimum absolute atomic E-state index is 0.0543. The molecule has 1 amide bonds. The first kappa shape index (κ1) is 17.1. The maximum absolute atomic E-state index is 13.1. The van der Waals surface area contributed by atoms with Crippen LogP contribution in [-0.4, -0.2) is 19.0 Å². The fraction of sp³-hybridized carbons (Fsp3) is 0.533. The van der Waals surface area contributed by atoms with Crippen LogP contribution in [0.4, 0.5) is 4.39 Å². The summed E-state index contributed by atoms with van der Waals surface area (Å²) in [6, 6.07) is 5.01. The Morgan fingerprint density at radius 1 is 1.35 bits per heavy atom. The molecule has 5 heteroatoms. The summed E-state index contributed by atoms with van der Waals surface area (Å²) in [5.74, 6) is 0.245. The van der Waals surface area contributed by atoms with Gasteiger partial charge in [0.1, 0.15) is 5.82 Å². The van der Waals surface area contributed by atoms with Gasteiger partial charge in [-0.25, -0.2) is 4.39 Å². The third-order valence-corrected chi connectivity index (χ3v) is 3.56. The van der Waals surface area contributed by atoms with E-state index in [0.29, 0.717) is 29.9 Å². The first-order valence-corrected chi connectivity index (χ1v) is 7.64.